The Balaban J connectivity index is 2.33. The Kier molecular flexibility index (Phi) is 3.99. The van der Waals surface area contributed by atoms with E-state index in [1.54, 1.807) is 40.0 Å². The van der Waals surface area contributed by atoms with Gasteiger partial charge in [-0.2, -0.15) is 0 Å². The summed E-state index contributed by atoms with van der Waals surface area (Å²) in [6.07, 6.45) is -0.0290. The maximum Gasteiger partial charge on any atom is 0.415 e. The van der Waals surface area contributed by atoms with Crippen LogP contribution in [0.5, 0.6) is 0 Å². The Bertz CT molecular complexity index is 510. The van der Waals surface area contributed by atoms with Crippen LogP contribution in [0.3, 0.4) is 0 Å². The van der Waals surface area contributed by atoms with Gasteiger partial charge >= 0.3 is 6.09 Å². The van der Waals surface area contributed by atoms with E-state index >= 15 is 0 Å². The maximum absolute atomic E-state index is 13.9. The van der Waals surface area contributed by atoms with Crippen LogP contribution in [-0.2, 0) is 15.9 Å². The van der Waals surface area contributed by atoms with Crippen LogP contribution in [0.2, 0.25) is 0 Å². The predicted molar refractivity (Wildman–Crippen MR) is 74.5 cm³/mol. The van der Waals surface area contributed by atoms with E-state index < -0.39 is 11.7 Å². The highest BCUT2D eigenvalue weighted by Gasteiger charge is 2.37. The fourth-order valence-corrected chi connectivity index (χ4v) is 2.38. The molecule has 4 nitrogen and oxygen atoms in total. The van der Waals surface area contributed by atoms with Crippen LogP contribution in [0.4, 0.5) is 14.9 Å². The van der Waals surface area contributed by atoms with Crippen LogP contribution in [0, 0.1) is 5.82 Å². The average Bonchev–Trinajstić information content (AvgIpc) is 2.67. The van der Waals surface area contributed by atoms with E-state index in [-0.39, 0.29) is 11.9 Å². The lowest BCUT2D eigenvalue weighted by atomic mass is 10.1. The van der Waals surface area contributed by atoms with Crippen molar-refractivity contribution < 1.29 is 18.7 Å². The smallest absolute Gasteiger partial charge is 0.415 e. The van der Waals surface area contributed by atoms with E-state index in [0.29, 0.717) is 24.3 Å². The van der Waals surface area contributed by atoms with Crippen molar-refractivity contribution in [1.29, 1.82) is 0 Å². The van der Waals surface area contributed by atoms with Crippen molar-refractivity contribution in [2.75, 3.05) is 18.6 Å². The van der Waals surface area contributed by atoms with Crippen molar-refractivity contribution >= 4 is 11.8 Å². The molecule has 1 heterocycles. The van der Waals surface area contributed by atoms with Gasteiger partial charge in [-0.15, -0.1) is 0 Å². The van der Waals surface area contributed by atoms with E-state index in [2.05, 4.69) is 0 Å². The van der Waals surface area contributed by atoms with Crippen molar-refractivity contribution in [1.82, 2.24) is 0 Å². The largest absolute Gasteiger partial charge is 0.443 e. The zero-order valence-corrected chi connectivity index (χ0v) is 12.3. The van der Waals surface area contributed by atoms with Gasteiger partial charge in [0.2, 0.25) is 0 Å². The van der Waals surface area contributed by atoms with Gasteiger partial charge in [-0.05, 0) is 32.9 Å². The molecule has 110 valence electrons. The lowest BCUT2D eigenvalue weighted by Gasteiger charge is -2.28. The van der Waals surface area contributed by atoms with E-state index in [1.807, 2.05) is 0 Å². The molecule has 1 amide bonds. The van der Waals surface area contributed by atoms with Gasteiger partial charge in [0.05, 0.1) is 18.3 Å². The molecule has 0 aliphatic carbocycles. The number of fused-ring (bicyclic) bond motifs is 1. The maximum atomic E-state index is 13.9. The summed E-state index contributed by atoms with van der Waals surface area (Å²) in [4.78, 5) is 13.8. The lowest BCUT2D eigenvalue weighted by Crippen LogP contribution is -2.43. The number of hydrogen-bond donors (Lipinski definition) is 0. The van der Waals surface area contributed by atoms with Crippen LogP contribution >= 0.6 is 0 Å². The van der Waals surface area contributed by atoms with E-state index in [0.717, 1.165) is 0 Å². The highest BCUT2D eigenvalue weighted by atomic mass is 19.1. The molecule has 5 heteroatoms. The molecule has 0 spiro atoms. The molecule has 0 saturated carbocycles. The molecule has 0 saturated heterocycles. The van der Waals surface area contributed by atoms with Crippen LogP contribution in [0.25, 0.3) is 0 Å². The highest BCUT2D eigenvalue weighted by molar-refractivity contribution is 5.91. The number of rotatable bonds is 2. The summed E-state index contributed by atoms with van der Waals surface area (Å²) in [5.74, 6) is -0.297. The molecule has 0 radical (unpaired) electrons. The summed E-state index contributed by atoms with van der Waals surface area (Å²) in [5, 5.41) is 0. The summed E-state index contributed by atoms with van der Waals surface area (Å²) in [6, 6.07) is 4.50. The fourth-order valence-electron chi connectivity index (χ4n) is 2.38. The Labute approximate surface area is 118 Å². The van der Waals surface area contributed by atoms with E-state index in [4.69, 9.17) is 9.47 Å². The van der Waals surface area contributed by atoms with Crippen molar-refractivity contribution in [3.05, 3.63) is 29.6 Å². The third-order valence-corrected chi connectivity index (χ3v) is 3.11. The summed E-state index contributed by atoms with van der Waals surface area (Å²) in [7, 11) is 1.56. The Morgan fingerprint density at radius 2 is 2.15 bits per heavy atom. The van der Waals surface area contributed by atoms with Gasteiger partial charge in [-0.3, -0.25) is 4.90 Å². The molecule has 0 N–H and O–H groups in total. The Morgan fingerprint density at radius 3 is 2.75 bits per heavy atom. The van der Waals surface area contributed by atoms with Gasteiger partial charge < -0.3 is 9.47 Å². The number of methoxy groups -OCH3 is 1. The normalized spacial score (nSPS) is 18.1. The average molecular weight is 281 g/mol. The number of amides is 1. The Hall–Kier alpha value is -1.62. The summed E-state index contributed by atoms with van der Waals surface area (Å²) >= 11 is 0. The topological polar surface area (TPSA) is 38.8 Å². The second kappa shape index (κ2) is 5.40. The number of halogens is 1. The molecule has 1 aliphatic heterocycles. The molecule has 20 heavy (non-hydrogen) atoms. The molecule has 1 aromatic rings. The summed E-state index contributed by atoms with van der Waals surface area (Å²) in [5.41, 5.74) is 0.520. The molecular formula is C15H20FNO3. The van der Waals surface area contributed by atoms with Crippen molar-refractivity contribution in [2.24, 2.45) is 0 Å². The number of nitrogens with zero attached hydrogens (tertiary/aromatic N) is 1. The number of hydrogen-bond acceptors (Lipinski definition) is 3. The van der Waals surface area contributed by atoms with Crippen LogP contribution in [-0.4, -0.2) is 31.5 Å². The first-order valence-electron chi connectivity index (χ1n) is 6.62. The standard InChI is InChI=1S/C15H20FNO3/c1-15(2,3)20-14(18)17-10(9-19-4)8-11-12(16)6-5-7-13(11)17/h5-7,10H,8-9H2,1-4H3. The van der Waals surface area contributed by atoms with Gasteiger partial charge in [-0.25, -0.2) is 9.18 Å². The molecule has 0 aromatic heterocycles. The minimum atomic E-state index is -0.592. The van der Waals surface area contributed by atoms with Gasteiger partial charge in [-0.1, -0.05) is 6.07 Å². The number of ether oxygens (including phenoxy) is 2. The number of anilines is 1. The second-order valence-electron chi connectivity index (χ2n) is 5.90. The lowest BCUT2D eigenvalue weighted by molar-refractivity contribution is 0.0548. The predicted octanol–water partition coefficient (Wildman–Crippen LogP) is 3.14. The van der Waals surface area contributed by atoms with Crippen LogP contribution in [0.1, 0.15) is 26.3 Å². The van der Waals surface area contributed by atoms with Gasteiger partial charge in [0.1, 0.15) is 11.4 Å². The summed E-state index contributed by atoms with van der Waals surface area (Å²) in [6.45, 7) is 5.75. The van der Waals surface area contributed by atoms with E-state index in [9.17, 15) is 9.18 Å². The minimum Gasteiger partial charge on any atom is -0.443 e. The van der Waals surface area contributed by atoms with E-state index in [1.165, 1.54) is 11.0 Å². The Morgan fingerprint density at radius 1 is 1.45 bits per heavy atom. The minimum absolute atomic E-state index is 0.234. The number of benzene rings is 1. The zero-order valence-electron chi connectivity index (χ0n) is 12.3. The van der Waals surface area contributed by atoms with Gasteiger partial charge in [0, 0.05) is 19.1 Å². The fraction of sp³-hybridized carbons (Fsp3) is 0.533. The third kappa shape index (κ3) is 2.93. The highest BCUT2D eigenvalue weighted by Crippen LogP contribution is 2.35. The second-order valence-corrected chi connectivity index (χ2v) is 5.90. The van der Waals surface area contributed by atoms with Gasteiger partial charge in [0.25, 0.3) is 0 Å². The quantitative estimate of drug-likeness (QED) is 0.836. The molecule has 1 atom stereocenters. The SMILES string of the molecule is COCC1Cc2c(F)cccc2N1C(=O)OC(C)(C)C. The van der Waals surface area contributed by atoms with Crippen molar-refractivity contribution in [3.8, 4) is 0 Å². The zero-order chi connectivity index (χ0) is 14.9. The molecule has 0 fully saturated rings. The van der Waals surface area contributed by atoms with Crippen molar-refractivity contribution in [2.45, 2.75) is 38.8 Å². The van der Waals surface area contributed by atoms with Crippen LogP contribution < -0.4 is 4.90 Å². The first kappa shape index (κ1) is 14.8. The molecule has 2 rings (SSSR count). The van der Waals surface area contributed by atoms with Crippen molar-refractivity contribution in [3.63, 3.8) is 0 Å². The first-order chi connectivity index (χ1) is 9.33. The third-order valence-electron chi connectivity index (χ3n) is 3.11. The molecule has 1 aromatic carbocycles. The number of carbonyl (C=O) groups excluding carboxylic acids is 1. The first-order valence-corrected chi connectivity index (χ1v) is 6.62. The number of carbonyl (C=O) groups is 1. The molecule has 0 bridgehead atoms. The molecule has 1 aliphatic rings. The van der Waals surface area contributed by atoms with Crippen LogP contribution in [0.15, 0.2) is 18.2 Å². The molecular weight excluding hydrogens is 261 g/mol. The van der Waals surface area contributed by atoms with Gasteiger partial charge in [0.15, 0.2) is 0 Å². The monoisotopic (exact) mass is 281 g/mol. The summed E-state index contributed by atoms with van der Waals surface area (Å²) < 4.78 is 24.4. The molecule has 1 unspecified atom stereocenters.